The summed E-state index contributed by atoms with van der Waals surface area (Å²) in [5.74, 6) is -0.300. The zero-order valence-electron chi connectivity index (χ0n) is 14.5. The quantitative estimate of drug-likeness (QED) is 0.834. The number of para-hydroxylation sites is 1. The minimum atomic E-state index is -4.76. The minimum Gasteiger partial charge on any atom is -0.405 e. The molecule has 1 fully saturated rings. The van der Waals surface area contributed by atoms with E-state index < -0.39 is 6.36 Å². The molecule has 1 aromatic heterocycles. The first kappa shape index (κ1) is 19.5. The van der Waals surface area contributed by atoms with Crippen molar-refractivity contribution in [3.05, 3.63) is 52.2 Å². The molecule has 0 spiro atoms. The Balaban J connectivity index is 1.48. The second-order valence-corrected chi connectivity index (χ2v) is 7.19. The van der Waals surface area contributed by atoms with Gasteiger partial charge in [-0.1, -0.05) is 24.3 Å². The van der Waals surface area contributed by atoms with Crippen LogP contribution in [0.25, 0.3) is 0 Å². The van der Waals surface area contributed by atoms with E-state index in [0.717, 1.165) is 19.6 Å². The monoisotopic (exact) mass is 399 g/mol. The SMILES string of the molecule is O=C(NCc1ccccc1OC(F)(F)F)N1CCN(Cc2cccs2)CC1. The number of alkyl halides is 3. The number of ether oxygens (including phenoxy) is 1. The molecule has 1 N–H and O–H groups in total. The topological polar surface area (TPSA) is 44.8 Å². The van der Waals surface area contributed by atoms with Gasteiger partial charge in [-0.25, -0.2) is 4.79 Å². The maximum Gasteiger partial charge on any atom is 0.573 e. The number of piperazine rings is 1. The summed E-state index contributed by atoms with van der Waals surface area (Å²) in [6, 6.07) is 9.62. The molecule has 9 heteroatoms. The van der Waals surface area contributed by atoms with E-state index in [-0.39, 0.29) is 23.9 Å². The smallest absolute Gasteiger partial charge is 0.405 e. The zero-order valence-corrected chi connectivity index (χ0v) is 15.4. The molecule has 0 unspecified atom stereocenters. The Morgan fingerprint density at radius 3 is 2.52 bits per heavy atom. The van der Waals surface area contributed by atoms with Gasteiger partial charge in [0.15, 0.2) is 0 Å². The van der Waals surface area contributed by atoms with Crippen LogP contribution in [0.15, 0.2) is 41.8 Å². The molecule has 2 aromatic rings. The highest BCUT2D eigenvalue weighted by molar-refractivity contribution is 7.09. The first-order valence-electron chi connectivity index (χ1n) is 8.52. The molecule has 2 amide bonds. The zero-order chi connectivity index (χ0) is 19.3. The molecule has 0 saturated carbocycles. The predicted octanol–water partition coefficient (Wildman–Crippen LogP) is 3.67. The summed E-state index contributed by atoms with van der Waals surface area (Å²) in [5.41, 5.74) is 0.277. The van der Waals surface area contributed by atoms with Crippen LogP contribution in [0.1, 0.15) is 10.4 Å². The van der Waals surface area contributed by atoms with Gasteiger partial charge in [0, 0.05) is 49.7 Å². The number of nitrogens with zero attached hydrogens (tertiary/aromatic N) is 2. The molecule has 0 bridgehead atoms. The molecule has 1 aliphatic heterocycles. The predicted molar refractivity (Wildman–Crippen MR) is 96.5 cm³/mol. The van der Waals surface area contributed by atoms with Gasteiger partial charge < -0.3 is 15.0 Å². The molecule has 27 heavy (non-hydrogen) atoms. The Hall–Kier alpha value is -2.26. The molecule has 1 aromatic carbocycles. The Morgan fingerprint density at radius 1 is 1.11 bits per heavy atom. The van der Waals surface area contributed by atoms with Crippen molar-refractivity contribution in [3.8, 4) is 5.75 Å². The van der Waals surface area contributed by atoms with E-state index in [1.807, 2.05) is 11.4 Å². The maximum absolute atomic E-state index is 12.5. The average Bonchev–Trinajstić information content (AvgIpc) is 3.13. The maximum atomic E-state index is 12.5. The van der Waals surface area contributed by atoms with E-state index in [4.69, 9.17) is 0 Å². The van der Waals surface area contributed by atoms with E-state index in [1.165, 1.54) is 23.1 Å². The van der Waals surface area contributed by atoms with Gasteiger partial charge >= 0.3 is 12.4 Å². The number of amides is 2. The summed E-state index contributed by atoms with van der Waals surface area (Å²) < 4.78 is 41.4. The summed E-state index contributed by atoms with van der Waals surface area (Å²) in [6.45, 7) is 3.53. The lowest BCUT2D eigenvalue weighted by atomic mass is 10.2. The minimum absolute atomic E-state index is 0.0273. The third-order valence-corrected chi connectivity index (χ3v) is 5.11. The lowest BCUT2D eigenvalue weighted by Crippen LogP contribution is -2.51. The van der Waals surface area contributed by atoms with Crippen molar-refractivity contribution in [2.75, 3.05) is 26.2 Å². The Bertz CT molecular complexity index is 745. The van der Waals surface area contributed by atoms with Crippen molar-refractivity contribution in [2.24, 2.45) is 0 Å². The number of halogens is 3. The molecule has 0 radical (unpaired) electrons. The number of thiophene rings is 1. The Kier molecular flexibility index (Phi) is 6.22. The fourth-order valence-corrected chi connectivity index (χ4v) is 3.63. The highest BCUT2D eigenvalue weighted by Crippen LogP contribution is 2.26. The summed E-state index contributed by atoms with van der Waals surface area (Å²) in [5, 5.41) is 4.72. The Labute approximate surface area is 159 Å². The summed E-state index contributed by atoms with van der Waals surface area (Å²) >= 11 is 1.71. The fourth-order valence-electron chi connectivity index (χ4n) is 2.89. The number of carbonyl (C=O) groups excluding carboxylic acids is 1. The van der Waals surface area contributed by atoms with Crippen LogP contribution in [0.4, 0.5) is 18.0 Å². The fraction of sp³-hybridized carbons (Fsp3) is 0.389. The van der Waals surface area contributed by atoms with Crippen molar-refractivity contribution in [1.82, 2.24) is 15.1 Å². The molecule has 0 atom stereocenters. The van der Waals surface area contributed by atoms with Crippen LogP contribution in [0, 0.1) is 0 Å². The van der Waals surface area contributed by atoms with Crippen molar-refractivity contribution < 1.29 is 22.7 Å². The van der Waals surface area contributed by atoms with Gasteiger partial charge in [0.1, 0.15) is 5.75 Å². The Morgan fingerprint density at radius 2 is 1.85 bits per heavy atom. The van der Waals surface area contributed by atoms with E-state index in [9.17, 15) is 18.0 Å². The standard InChI is InChI=1S/C18H20F3N3O2S/c19-18(20,21)26-16-6-2-1-4-14(16)12-22-17(25)24-9-7-23(8-10-24)13-15-5-3-11-27-15/h1-6,11H,7-10,12-13H2,(H,22,25). The highest BCUT2D eigenvalue weighted by atomic mass is 32.1. The number of rotatable bonds is 5. The van der Waals surface area contributed by atoms with E-state index >= 15 is 0 Å². The van der Waals surface area contributed by atoms with Crippen LogP contribution in [-0.2, 0) is 13.1 Å². The van der Waals surface area contributed by atoms with Crippen molar-refractivity contribution in [2.45, 2.75) is 19.5 Å². The second kappa shape index (κ2) is 8.62. The first-order chi connectivity index (χ1) is 12.9. The third kappa shape index (κ3) is 5.86. The number of urea groups is 1. The van der Waals surface area contributed by atoms with Gasteiger partial charge in [0.05, 0.1) is 0 Å². The molecule has 1 aliphatic rings. The number of nitrogens with one attached hydrogen (secondary N) is 1. The van der Waals surface area contributed by atoms with Crippen molar-refractivity contribution >= 4 is 17.4 Å². The largest absolute Gasteiger partial charge is 0.573 e. The lowest BCUT2D eigenvalue weighted by molar-refractivity contribution is -0.274. The third-order valence-electron chi connectivity index (χ3n) is 4.25. The van der Waals surface area contributed by atoms with E-state index in [2.05, 4.69) is 21.0 Å². The van der Waals surface area contributed by atoms with Crippen LogP contribution < -0.4 is 10.1 Å². The number of carbonyl (C=O) groups is 1. The molecule has 146 valence electrons. The van der Waals surface area contributed by atoms with Crippen LogP contribution in [0.3, 0.4) is 0 Å². The number of hydrogen-bond donors (Lipinski definition) is 1. The molecule has 2 heterocycles. The number of hydrogen-bond acceptors (Lipinski definition) is 4. The lowest BCUT2D eigenvalue weighted by Gasteiger charge is -2.34. The van der Waals surface area contributed by atoms with Crippen LogP contribution in [0.2, 0.25) is 0 Å². The van der Waals surface area contributed by atoms with Gasteiger partial charge in [-0.05, 0) is 17.5 Å². The van der Waals surface area contributed by atoms with Gasteiger partial charge in [0.25, 0.3) is 0 Å². The summed E-state index contributed by atoms with van der Waals surface area (Å²) in [6.07, 6.45) is -4.76. The molecular formula is C18H20F3N3O2S. The molecule has 3 rings (SSSR count). The van der Waals surface area contributed by atoms with Gasteiger partial charge in [0.2, 0.25) is 0 Å². The van der Waals surface area contributed by atoms with Gasteiger partial charge in [-0.15, -0.1) is 24.5 Å². The molecule has 5 nitrogen and oxygen atoms in total. The van der Waals surface area contributed by atoms with Gasteiger partial charge in [-0.3, -0.25) is 4.90 Å². The van der Waals surface area contributed by atoms with E-state index in [1.54, 1.807) is 22.3 Å². The summed E-state index contributed by atoms with van der Waals surface area (Å²) in [7, 11) is 0. The van der Waals surface area contributed by atoms with Crippen LogP contribution >= 0.6 is 11.3 Å². The normalized spacial score (nSPS) is 15.6. The van der Waals surface area contributed by atoms with Crippen LogP contribution in [0.5, 0.6) is 5.75 Å². The number of benzene rings is 1. The first-order valence-corrected chi connectivity index (χ1v) is 9.40. The molecule has 0 aliphatic carbocycles. The van der Waals surface area contributed by atoms with E-state index in [0.29, 0.717) is 13.1 Å². The summed E-state index contributed by atoms with van der Waals surface area (Å²) in [4.78, 5) is 17.6. The van der Waals surface area contributed by atoms with Crippen molar-refractivity contribution in [3.63, 3.8) is 0 Å². The average molecular weight is 399 g/mol. The van der Waals surface area contributed by atoms with Crippen molar-refractivity contribution in [1.29, 1.82) is 0 Å². The second-order valence-electron chi connectivity index (χ2n) is 6.16. The van der Waals surface area contributed by atoms with Crippen LogP contribution in [-0.4, -0.2) is 48.4 Å². The van der Waals surface area contributed by atoms with Gasteiger partial charge in [-0.2, -0.15) is 0 Å². The highest BCUT2D eigenvalue weighted by Gasteiger charge is 2.32. The molecular weight excluding hydrogens is 379 g/mol. The molecule has 1 saturated heterocycles.